The molecule has 2 aliphatic heterocycles. The average Bonchev–Trinajstić information content (AvgIpc) is 3.92. The number of ether oxygens (including phenoxy) is 2. The summed E-state index contributed by atoms with van der Waals surface area (Å²) in [5.41, 5.74) is 4.53. The SMILES string of the molecule is CCC(C)[C@H]1CO[C@@H](c2cc(C(C)(C)C)cc3c2op(Oc2ccccc2)oc2c([C@@H]4OC[C@H](C(C)CC)N4S(=O)(=O)c4ccc(C)cc4)cc(C(C)(C)C)cc23)N1S(=O)(=O)c1ccc(C)cc1. The Morgan fingerprint density at radius 2 is 0.985 bits per heavy atom. The van der Waals surface area contributed by atoms with Gasteiger partial charge in [0.05, 0.1) is 35.1 Å². The fourth-order valence-corrected chi connectivity index (χ4v) is 13.7. The molecule has 2 fully saturated rings. The van der Waals surface area contributed by atoms with Crippen molar-refractivity contribution in [3.05, 3.63) is 137 Å². The first kappa shape index (κ1) is 49.9. The molecule has 68 heavy (non-hydrogen) atoms. The third kappa shape index (κ3) is 9.57. The molecule has 8 rings (SSSR count). The van der Waals surface area contributed by atoms with Gasteiger partial charge in [-0.25, -0.2) is 16.8 Å². The molecule has 3 heterocycles. The summed E-state index contributed by atoms with van der Waals surface area (Å²) in [6, 6.07) is 30.3. The minimum absolute atomic E-state index is 0.0464. The number of nitrogens with zero attached hydrogens (tertiary/aromatic N) is 2. The van der Waals surface area contributed by atoms with Crippen LogP contribution in [0.1, 0.15) is 128 Å². The van der Waals surface area contributed by atoms with Crippen LogP contribution in [0.2, 0.25) is 0 Å². The van der Waals surface area contributed by atoms with Crippen molar-refractivity contribution >= 4 is 50.2 Å². The molecule has 0 aliphatic carbocycles. The zero-order valence-electron chi connectivity index (χ0n) is 41.4. The Kier molecular flexibility index (Phi) is 14.0. The van der Waals surface area contributed by atoms with Crippen molar-refractivity contribution in [2.24, 2.45) is 11.8 Å². The van der Waals surface area contributed by atoms with Crippen molar-refractivity contribution < 1.29 is 39.2 Å². The molecule has 0 N–H and O–H groups in total. The number of rotatable bonds is 12. The highest BCUT2D eigenvalue weighted by Crippen LogP contribution is 2.50. The number of sulfonamides is 2. The van der Waals surface area contributed by atoms with Crippen LogP contribution in [0.15, 0.2) is 121 Å². The molecule has 0 amide bonds. The monoisotopic (exact) mass is 982 g/mol. The molecule has 2 unspecified atom stereocenters. The van der Waals surface area contributed by atoms with Gasteiger partial charge in [0, 0.05) is 21.9 Å². The van der Waals surface area contributed by atoms with Crippen molar-refractivity contribution in [1.29, 1.82) is 0 Å². The van der Waals surface area contributed by atoms with Gasteiger partial charge >= 0.3 is 8.24 Å². The van der Waals surface area contributed by atoms with E-state index in [1.165, 1.54) is 8.61 Å². The fourth-order valence-electron chi connectivity index (χ4n) is 9.03. The summed E-state index contributed by atoms with van der Waals surface area (Å²) < 4.78 is 98.0. The molecule has 11 nitrogen and oxygen atoms in total. The van der Waals surface area contributed by atoms with Gasteiger partial charge in [-0.2, -0.15) is 8.61 Å². The van der Waals surface area contributed by atoms with E-state index < -0.39 is 63.7 Å². The maximum Gasteiger partial charge on any atom is 0.453 e. The van der Waals surface area contributed by atoms with Crippen LogP contribution in [0.5, 0.6) is 5.75 Å². The summed E-state index contributed by atoms with van der Waals surface area (Å²) in [7, 11) is -10.7. The van der Waals surface area contributed by atoms with Gasteiger partial charge in [-0.05, 0) is 108 Å². The molecule has 5 aromatic carbocycles. The first-order chi connectivity index (χ1) is 32.0. The smallest absolute Gasteiger partial charge is 0.391 e. The number of para-hydroxylation sites is 1. The lowest BCUT2D eigenvalue weighted by molar-refractivity contribution is 0.0682. The molecule has 364 valence electrons. The topological polar surface area (TPSA) is 129 Å². The van der Waals surface area contributed by atoms with Gasteiger partial charge in [-0.3, -0.25) is 0 Å². The van der Waals surface area contributed by atoms with Crippen LogP contribution in [-0.2, 0) is 40.4 Å². The predicted octanol–water partition coefficient (Wildman–Crippen LogP) is 13.6. The lowest BCUT2D eigenvalue weighted by Crippen LogP contribution is -2.41. The fraction of sp³-hybridized carbons (Fsp3) is 0.444. The molecule has 6 atom stereocenters. The number of hydrogen-bond acceptors (Lipinski definition) is 9. The lowest BCUT2D eigenvalue weighted by atomic mass is 9.83. The first-order valence-corrected chi connectivity index (χ1v) is 27.7. The molecule has 2 aliphatic rings. The van der Waals surface area contributed by atoms with Gasteiger partial charge in [-0.1, -0.05) is 136 Å². The van der Waals surface area contributed by atoms with E-state index in [1.807, 2.05) is 80.6 Å². The predicted molar refractivity (Wildman–Crippen MR) is 270 cm³/mol. The molecule has 1 aromatic heterocycles. The van der Waals surface area contributed by atoms with Gasteiger partial charge in [0.1, 0.15) is 5.75 Å². The number of aryl methyl sites for hydroxylation is 2. The second-order valence-corrected chi connectivity index (χ2v) is 25.4. The van der Waals surface area contributed by atoms with Crippen molar-refractivity contribution in [1.82, 2.24) is 8.61 Å². The van der Waals surface area contributed by atoms with E-state index in [4.69, 9.17) is 22.4 Å². The van der Waals surface area contributed by atoms with E-state index in [2.05, 4.69) is 81.4 Å². The second kappa shape index (κ2) is 19.0. The van der Waals surface area contributed by atoms with Gasteiger partial charge in [0.25, 0.3) is 0 Å². The van der Waals surface area contributed by atoms with Crippen molar-refractivity contribution in [3.63, 3.8) is 0 Å². The Labute approximate surface area is 404 Å². The summed E-state index contributed by atoms with van der Waals surface area (Å²) >= 11 is 0. The Morgan fingerprint density at radius 3 is 1.34 bits per heavy atom. The normalized spacial score (nSPS) is 21.1. The Morgan fingerprint density at radius 1 is 0.603 bits per heavy atom. The maximum atomic E-state index is 15.1. The zero-order chi connectivity index (χ0) is 49.1. The van der Waals surface area contributed by atoms with E-state index in [-0.39, 0.29) is 34.8 Å². The van der Waals surface area contributed by atoms with E-state index in [1.54, 1.807) is 24.3 Å². The van der Waals surface area contributed by atoms with Crippen molar-refractivity contribution in [3.8, 4) is 5.75 Å². The standard InChI is InChI=1S/C54H67N2O9PS2/c1-13-36(5)47-32-61-51(55(47)67(57,58)41-24-20-34(3)21-25-41)45-30-38(53(7,8)9)28-43-44-29-39(54(10,11)12)31-46(50(44)65-66(64-49(43)45)63-40-18-16-15-17-19-40)52-56(48(33-62-52)37(6)14-2)68(59,60)42-26-22-35(4)23-27-42/h15-31,36-37,47-48,51-52H,13-14,32-33H2,1-12H3/t36?,37?,47-,48-,51+,52+,66?/m1/s1. The molecular formula is C54H67N2O9PS2. The van der Waals surface area contributed by atoms with Crippen LogP contribution < -0.4 is 4.52 Å². The van der Waals surface area contributed by atoms with Crippen LogP contribution in [0.25, 0.3) is 21.9 Å². The van der Waals surface area contributed by atoms with Crippen LogP contribution in [-0.4, -0.2) is 50.7 Å². The third-order valence-corrected chi connectivity index (χ3v) is 18.6. The second-order valence-electron chi connectivity index (χ2n) is 20.8. The number of benzene rings is 5. The van der Waals surface area contributed by atoms with Gasteiger partial charge < -0.3 is 22.4 Å². The summed E-state index contributed by atoms with van der Waals surface area (Å²) in [6.07, 6.45) is -0.738. The molecule has 14 heteroatoms. The summed E-state index contributed by atoms with van der Waals surface area (Å²) in [6.45, 7) is 25.1. The van der Waals surface area contributed by atoms with Gasteiger partial charge in [-0.15, -0.1) is 0 Å². The quantitative estimate of drug-likeness (QED) is 0.118. The van der Waals surface area contributed by atoms with Crippen molar-refractivity contribution in [2.75, 3.05) is 13.2 Å². The Hall–Kier alpha value is -4.46. The van der Waals surface area contributed by atoms with Gasteiger partial charge in [0.2, 0.25) is 20.0 Å². The molecule has 0 saturated carbocycles. The zero-order valence-corrected chi connectivity index (χ0v) is 44.0. The molecule has 0 bridgehead atoms. The minimum Gasteiger partial charge on any atom is -0.391 e. The van der Waals surface area contributed by atoms with Crippen LogP contribution in [0.4, 0.5) is 0 Å². The highest BCUT2D eigenvalue weighted by molar-refractivity contribution is 7.89. The highest BCUT2D eigenvalue weighted by Gasteiger charge is 2.49. The molecule has 0 spiro atoms. The van der Waals surface area contributed by atoms with Crippen LogP contribution in [0.3, 0.4) is 0 Å². The largest absolute Gasteiger partial charge is 0.453 e. The van der Waals surface area contributed by atoms with E-state index >= 15 is 16.8 Å². The summed E-state index contributed by atoms with van der Waals surface area (Å²) in [5.74, 6) is 0.393. The molecular weight excluding hydrogens is 916 g/mol. The average molecular weight is 983 g/mol. The van der Waals surface area contributed by atoms with Crippen LogP contribution >= 0.6 is 8.24 Å². The number of fused-ring (bicyclic) bond motifs is 3. The highest BCUT2D eigenvalue weighted by atomic mass is 32.2. The first-order valence-electron chi connectivity index (χ1n) is 23.7. The summed E-state index contributed by atoms with van der Waals surface area (Å²) in [5, 5.41) is 1.26. The van der Waals surface area contributed by atoms with Crippen molar-refractivity contribution in [2.45, 2.75) is 141 Å². The summed E-state index contributed by atoms with van der Waals surface area (Å²) in [4.78, 5) is 0.345. The Balaban J connectivity index is 1.50. The lowest BCUT2D eigenvalue weighted by Gasteiger charge is -2.31. The molecule has 6 aromatic rings. The Bertz CT molecular complexity index is 2870. The minimum atomic E-state index is -4.15. The van der Waals surface area contributed by atoms with Gasteiger partial charge in [0.15, 0.2) is 23.6 Å². The van der Waals surface area contributed by atoms with Crippen LogP contribution in [0, 0.1) is 25.7 Å². The van der Waals surface area contributed by atoms with E-state index in [0.29, 0.717) is 38.8 Å². The third-order valence-electron chi connectivity index (χ3n) is 13.8. The maximum absolute atomic E-state index is 15.1. The van der Waals surface area contributed by atoms with E-state index in [0.717, 1.165) is 35.1 Å². The molecule has 0 radical (unpaired) electrons. The number of hydrogen-bond donors (Lipinski definition) is 0. The molecule has 2 saturated heterocycles. The van der Waals surface area contributed by atoms with E-state index in [9.17, 15) is 0 Å².